The molecule has 4 aliphatic rings. The number of nitrogens with zero attached hydrogens (tertiary/aromatic N) is 3. The van der Waals surface area contributed by atoms with Crippen LogP contribution >= 0.6 is 0 Å². The number of alkyl carbamates (subject to hydrolysis) is 1. The summed E-state index contributed by atoms with van der Waals surface area (Å²) in [5, 5.41) is 29.8. The van der Waals surface area contributed by atoms with Gasteiger partial charge in [-0.15, -0.1) is 0 Å². The quantitative estimate of drug-likeness (QED) is 0.135. The lowest BCUT2D eigenvalue weighted by atomic mass is 9.71. The molecule has 15 nitrogen and oxygen atoms in total. The van der Waals surface area contributed by atoms with Gasteiger partial charge in [0.15, 0.2) is 23.0 Å². The smallest absolute Gasteiger partial charge is 0.408 e. The van der Waals surface area contributed by atoms with Gasteiger partial charge in [0.1, 0.15) is 23.4 Å². The van der Waals surface area contributed by atoms with Gasteiger partial charge in [-0.3, -0.25) is 19.4 Å². The van der Waals surface area contributed by atoms with E-state index in [1.807, 2.05) is 57.4 Å². The van der Waals surface area contributed by atoms with Crippen LogP contribution in [-0.2, 0) is 33.6 Å². The average molecular weight is 807 g/mol. The summed E-state index contributed by atoms with van der Waals surface area (Å²) in [7, 11) is 3.49. The van der Waals surface area contributed by atoms with Crippen LogP contribution in [0.3, 0.4) is 0 Å². The Bertz CT molecular complexity index is 2410. The van der Waals surface area contributed by atoms with E-state index in [9.17, 15) is 24.8 Å². The molecule has 0 radical (unpaired) electrons. The zero-order valence-electron chi connectivity index (χ0n) is 34.5. The molecule has 59 heavy (non-hydrogen) atoms. The van der Waals surface area contributed by atoms with Gasteiger partial charge in [0, 0.05) is 71.3 Å². The Morgan fingerprint density at radius 2 is 1.83 bits per heavy atom. The lowest BCUT2D eigenvalue weighted by molar-refractivity contribution is -0.132. The number of aromatic nitrogens is 1. The van der Waals surface area contributed by atoms with Gasteiger partial charge in [0.2, 0.25) is 12.7 Å². The van der Waals surface area contributed by atoms with Crippen molar-refractivity contribution >= 4 is 28.9 Å². The number of H-pyrrole nitrogens is 1. The van der Waals surface area contributed by atoms with E-state index in [1.54, 1.807) is 20.8 Å². The van der Waals surface area contributed by atoms with E-state index in [-0.39, 0.29) is 31.5 Å². The predicted molar refractivity (Wildman–Crippen MR) is 216 cm³/mol. The number of likely N-dealkylation sites (N-methyl/N-ethyl adjacent to an activating group) is 1. The van der Waals surface area contributed by atoms with Gasteiger partial charge in [0.05, 0.1) is 25.3 Å². The normalized spacial score (nSPS) is 22.3. The number of nitriles is 1. The van der Waals surface area contributed by atoms with Crippen molar-refractivity contribution in [1.82, 2.24) is 25.4 Å². The molecular weight excluding hydrogens is 757 g/mol. The molecule has 5 heterocycles. The largest absolute Gasteiger partial charge is 0.504 e. The molecule has 0 spiro atoms. The molecule has 3 aromatic carbocycles. The number of aromatic amines is 1. The number of nitrogens with one attached hydrogen (secondary N) is 3. The molecule has 1 unspecified atom stereocenters. The standard InChI is InChI=1S/C44H50N6O9/c1-21-13-24-15-30-32(17-45)50-31(36(49(30)7)34(24)37(52)38(21)55-8)16-27-35(41-40(56-20-57-41)22(2)39(27)58-23(3)51)33(50)19-47-42(53)29(48-43(54)59-44(4,5)6)14-25-18-46-28-12-10-9-11-26(25)28/h9-13,18,29-33,36,46,52H,14-16,19-20H2,1-8H3,(H,47,53)(H,48,54)/t29-,30+,31?,32-,33-,36+/m0/s1. The number of fused-ring (bicyclic) bond motifs is 10. The molecule has 1 fully saturated rings. The third-order valence-corrected chi connectivity index (χ3v) is 12.1. The molecule has 4 N–H and O–H groups in total. The van der Waals surface area contributed by atoms with Crippen molar-refractivity contribution in [3.05, 3.63) is 75.5 Å². The van der Waals surface area contributed by atoms with Gasteiger partial charge in [-0.25, -0.2) is 4.79 Å². The highest BCUT2D eigenvalue weighted by atomic mass is 16.7. The van der Waals surface area contributed by atoms with Crippen LogP contribution in [-0.4, -0.2) is 95.1 Å². The van der Waals surface area contributed by atoms with Crippen LogP contribution in [0.1, 0.15) is 78.7 Å². The summed E-state index contributed by atoms with van der Waals surface area (Å²) in [6, 6.07) is 8.70. The van der Waals surface area contributed by atoms with Crippen LogP contribution in [0.15, 0.2) is 36.5 Å². The number of benzene rings is 3. The number of esters is 1. The van der Waals surface area contributed by atoms with Gasteiger partial charge < -0.3 is 44.4 Å². The number of methoxy groups -OCH3 is 1. The maximum atomic E-state index is 14.6. The van der Waals surface area contributed by atoms with Crippen molar-refractivity contribution in [2.24, 2.45) is 0 Å². The molecular formula is C44H50N6O9. The number of rotatable bonds is 8. The lowest BCUT2D eigenvalue weighted by Crippen LogP contribution is -2.69. The highest BCUT2D eigenvalue weighted by Crippen LogP contribution is 2.58. The third-order valence-electron chi connectivity index (χ3n) is 12.1. The third kappa shape index (κ3) is 6.83. The van der Waals surface area contributed by atoms with Crippen LogP contribution in [0.5, 0.6) is 28.7 Å². The topological polar surface area (TPSA) is 188 Å². The number of aromatic hydroxyl groups is 1. The Hall–Kier alpha value is -5.98. The number of phenols is 1. The summed E-state index contributed by atoms with van der Waals surface area (Å²) in [6.45, 7) is 10.2. The summed E-state index contributed by atoms with van der Waals surface area (Å²) >= 11 is 0. The SMILES string of the molecule is COc1c(C)cc2c(c1O)[C@H]1C3Cc4c(OC(C)=O)c(C)c5c(c4[C@H](CNC(=O)[C@H](Cc4c[nH]c6ccccc46)NC(=O)OC(C)(C)C)N3[C@@H](C#N)[C@@H](C2)N1C)OCO5. The Balaban J connectivity index is 1.24. The second kappa shape index (κ2) is 15.0. The number of ether oxygens (including phenoxy) is 5. The summed E-state index contributed by atoms with van der Waals surface area (Å²) in [6.07, 6.45) is 2.01. The Labute approximate surface area is 342 Å². The number of para-hydroxylation sites is 1. The molecule has 0 aliphatic carbocycles. The molecule has 1 aromatic heterocycles. The monoisotopic (exact) mass is 806 g/mol. The van der Waals surface area contributed by atoms with Crippen molar-refractivity contribution in [2.45, 2.75) is 103 Å². The highest BCUT2D eigenvalue weighted by Gasteiger charge is 2.57. The minimum atomic E-state index is -1.05. The van der Waals surface area contributed by atoms with E-state index in [2.05, 4.69) is 31.5 Å². The van der Waals surface area contributed by atoms with Gasteiger partial charge in [-0.05, 0) is 77.3 Å². The fourth-order valence-electron chi connectivity index (χ4n) is 9.81. The molecule has 2 bridgehead atoms. The second-order valence-electron chi connectivity index (χ2n) is 16.9. The van der Waals surface area contributed by atoms with Crippen molar-refractivity contribution in [3.63, 3.8) is 0 Å². The van der Waals surface area contributed by atoms with Crippen molar-refractivity contribution < 1.29 is 43.2 Å². The number of hydrogen-bond acceptors (Lipinski definition) is 12. The van der Waals surface area contributed by atoms with Crippen LogP contribution < -0.4 is 29.6 Å². The van der Waals surface area contributed by atoms with Crippen LogP contribution in [0.25, 0.3) is 10.9 Å². The predicted octanol–water partition coefficient (Wildman–Crippen LogP) is 5.18. The fraction of sp³-hybridized carbons (Fsp3) is 0.455. The van der Waals surface area contributed by atoms with E-state index in [4.69, 9.17) is 23.7 Å². The second-order valence-corrected chi connectivity index (χ2v) is 16.9. The number of carbonyl (C=O) groups is 3. The Kier molecular flexibility index (Phi) is 10.1. The van der Waals surface area contributed by atoms with Crippen molar-refractivity contribution in [1.29, 1.82) is 5.26 Å². The van der Waals surface area contributed by atoms with E-state index >= 15 is 0 Å². The number of phenolic OH excluding ortho intramolecular Hbond substituents is 1. The van der Waals surface area contributed by atoms with E-state index in [0.29, 0.717) is 58.1 Å². The summed E-state index contributed by atoms with van der Waals surface area (Å²) < 4.78 is 29.4. The molecule has 1 saturated heterocycles. The summed E-state index contributed by atoms with van der Waals surface area (Å²) in [5.74, 6) is 0.626. The van der Waals surface area contributed by atoms with Gasteiger partial charge in [0.25, 0.3) is 0 Å². The summed E-state index contributed by atoms with van der Waals surface area (Å²) in [5.41, 5.74) is 5.23. The number of piperazine rings is 1. The minimum absolute atomic E-state index is 0.0293. The molecule has 2 amide bonds. The fourth-order valence-corrected chi connectivity index (χ4v) is 9.81. The van der Waals surface area contributed by atoms with Gasteiger partial charge in [-0.1, -0.05) is 24.3 Å². The molecule has 6 atom stereocenters. The number of aryl methyl sites for hydroxylation is 1. The van der Waals surface area contributed by atoms with Crippen molar-refractivity contribution in [3.8, 4) is 34.8 Å². The maximum absolute atomic E-state index is 14.6. The maximum Gasteiger partial charge on any atom is 0.408 e. The first kappa shape index (κ1) is 39.8. The van der Waals surface area contributed by atoms with Gasteiger partial charge in [-0.2, -0.15) is 5.26 Å². The molecule has 4 aromatic rings. The molecule has 0 saturated carbocycles. The lowest BCUT2D eigenvalue weighted by Gasteiger charge is -2.60. The van der Waals surface area contributed by atoms with Crippen LogP contribution in [0, 0.1) is 25.2 Å². The Morgan fingerprint density at radius 1 is 1.08 bits per heavy atom. The Morgan fingerprint density at radius 3 is 2.54 bits per heavy atom. The van der Waals surface area contributed by atoms with Gasteiger partial charge >= 0.3 is 12.1 Å². The first-order valence-corrected chi connectivity index (χ1v) is 19.9. The zero-order valence-corrected chi connectivity index (χ0v) is 34.5. The van der Waals surface area contributed by atoms with Crippen molar-refractivity contribution in [2.75, 3.05) is 27.5 Å². The minimum Gasteiger partial charge on any atom is -0.504 e. The first-order chi connectivity index (χ1) is 28.1. The first-order valence-electron chi connectivity index (χ1n) is 19.9. The molecule has 310 valence electrons. The van der Waals surface area contributed by atoms with E-state index < -0.39 is 53.8 Å². The van der Waals surface area contributed by atoms with E-state index in [0.717, 1.165) is 27.6 Å². The molecule has 4 aliphatic heterocycles. The zero-order chi connectivity index (χ0) is 42.1. The van der Waals surface area contributed by atoms with E-state index in [1.165, 1.54) is 14.0 Å². The number of hydrogen-bond donors (Lipinski definition) is 4. The summed E-state index contributed by atoms with van der Waals surface area (Å²) in [4.78, 5) is 48.1. The molecule has 15 heteroatoms. The van der Waals surface area contributed by atoms with Crippen LogP contribution in [0.4, 0.5) is 4.79 Å². The molecule has 8 rings (SSSR count). The number of amides is 2. The highest BCUT2D eigenvalue weighted by molar-refractivity contribution is 5.88. The number of carbonyl (C=O) groups excluding carboxylic acids is 3. The van der Waals surface area contributed by atoms with Crippen LogP contribution in [0.2, 0.25) is 0 Å². The average Bonchev–Trinajstić information content (AvgIpc) is 3.83.